The Morgan fingerprint density at radius 3 is 2.55 bits per heavy atom. The predicted octanol–water partition coefficient (Wildman–Crippen LogP) is 3.79. The van der Waals surface area contributed by atoms with E-state index in [1.54, 1.807) is 0 Å². The Bertz CT molecular complexity index is 717. The SMILES string of the molecule is Nc1ccc(Cn2ccnc2-c2ccccc2I)cc1. The molecule has 3 aromatic rings. The molecule has 3 rings (SSSR count). The van der Waals surface area contributed by atoms with E-state index in [1.165, 1.54) is 9.13 Å². The highest BCUT2D eigenvalue weighted by atomic mass is 127. The zero-order valence-electron chi connectivity index (χ0n) is 10.8. The number of nitrogen functional groups attached to an aromatic ring is 1. The van der Waals surface area contributed by atoms with Crippen molar-refractivity contribution in [2.75, 3.05) is 5.73 Å². The van der Waals surface area contributed by atoms with Gasteiger partial charge in [0.05, 0.1) is 0 Å². The van der Waals surface area contributed by atoms with E-state index in [0.29, 0.717) is 0 Å². The van der Waals surface area contributed by atoms with Crippen LogP contribution in [-0.4, -0.2) is 9.55 Å². The fourth-order valence-corrected chi connectivity index (χ4v) is 2.77. The number of anilines is 1. The van der Waals surface area contributed by atoms with Crippen molar-refractivity contribution in [3.8, 4) is 11.4 Å². The molecule has 0 bridgehead atoms. The summed E-state index contributed by atoms with van der Waals surface area (Å²) in [6.45, 7) is 0.792. The monoisotopic (exact) mass is 375 g/mol. The van der Waals surface area contributed by atoms with Crippen molar-refractivity contribution in [2.24, 2.45) is 0 Å². The minimum absolute atomic E-state index is 0.789. The third-order valence-electron chi connectivity index (χ3n) is 3.16. The molecular formula is C16H14IN3. The molecule has 2 N–H and O–H groups in total. The average molecular weight is 375 g/mol. The van der Waals surface area contributed by atoms with Crippen molar-refractivity contribution in [3.05, 3.63) is 70.1 Å². The van der Waals surface area contributed by atoms with Crippen LogP contribution in [0.5, 0.6) is 0 Å². The van der Waals surface area contributed by atoms with Crippen molar-refractivity contribution in [1.29, 1.82) is 0 Å². The number of hydrogen-bond donors (Lipinski definition) is 1. The van der Waals surface area contributed by atoms with Crippen molar-refractivity contribution in [3.63, 3.8) is 0 Å². The van der Waals surface area contributed by atoms with E-state index < -0.39 is 0 Å². The number of nitrogens with zero attached hydrogens (tertiary/aromatic N) is 2. The first-order valence-corrected chi connectivity index (χ1v) is 7.42. The van der Waals surface area contributed by atoms with Crippen LogP contribution in [0.4, 0.5) is 5.69 Å². The van der Waals surface area contributed by atoms with Gasteiger partial charge < -0.3 is 10.3 Å². The van der Waals surface area contributed by atoms with Crippen LogP contribution in [0.25, 0.3) is 11.4 Å². The van der Waals surface area contributed by atoms with Gasteiger partial charge in [0, 0.05) is 33.8 Å². The van der Waals surface area contributed by atoms with Gasteiger partial charge in [0.1, 0.15) is 5.82 Å². The van der Waals surface area contributed by atoms with Gasteiger partial charge in [0.15, 0.2) is 0 Å². The van der Waals surface area contributed by atoms with E-state index >= 15 is 0 Å². The molecule has 0 radical (unpaired) electrons. The molecule has 0 atom stereocenters. The quantitative estimate of drug-likeness (QED) is 0.559. The summed E-state index contributed by atoms with van der Waals surface area (Å²) in [7, 11) is 0. The van der Waals surface area contributed by atoms with Crippen molar-refractivity contribution < 1.29 is 0 Å². The number of halogens is 1. The fourth-order valence-electron chi connectivity index (χ4n) is 2.14. The van der Waals surface area contributed by atoms with Crippen LogP contribution in [0.15, 0.2) is 60.9 Å². The van der Waals surface area contributed by atoms with E-state index in [9.17, 15) is 0 Å². The molecule has 0 amide bonds. The van der Waals surface area contributed by atoms with Crippen LogP contribution in [0, 0.1) is 3.57 Å². The molecule has 2 aromatic carbocycles. The topological polar surface area (TPSA) is 43.8 Å². The second kappa shape index (κ2) is 5.66. The molecule has 0 unspecified atom stereocenters. The molecule has 4 heteroatoms. The lowest BCUT2D eigenvalue weighted by atomic mass is 10.2. The van der Waals surface area contributed by atoms with Gasteiger partial charge in [-0.15, -0.1) is 0 Å². The van der Waals surface area contributed by atoms with Crippen LogP contribution < -0.4 is 5.73 Å². The third-order valence-corrected chi connectivity index (χ3v) is 4.10. The normalized spacial score (nSPS) is 10.7. The highest BCUT2D eigenvalue weighted by Gasteiger charge is 2.09. The van der Waals surface area contributed by atoms with E-state index in [0.717, 1.165) is 23.6 Å². The Hall–Kier alpha value is -1.82. The van der Waals surface area contributed by atoms with Gasteiger partial charge in [0.25, 0.3) is 0 Å². The van der Waals surface area contributed by atoms with Gasteiger partial charge in [-0.2, -0.15) is 0 Å². The summed E-state index contributed by atoms with van der Waals surface area (Å²) in [4.78, 5) is 4.49. The van der Waals surface area contributed by atoms with Crippen molar-refractivity contribution >= 4 is 28.3 Å². The van der Waals surface area contributed by atoms with Crippen LogP contribution in [0.3, 0.4) is 0 Å². The standard InChI is InChI=1S/C16H14IN3/c17-15-4-2-1-3-14(15)16-19-9-10-20(16)11-12-5-7-13(18)8-6-12/h1-10H,11,18H2. The Balaban J connectivity index is 1.95. The summed E-state index contributed by atoms with van der Waals surface area (Å²) in [5, 5.41) is 0. The number of imidazole rings is 1. The first kappa shape index (κ1) is 13.2. The van der Waals surface area contributed by atoms with Gasteiger partial charge in [-0.1, -0.05) is 30.3 Å². The fraction of sp³-hybridized carbons (Fsp3) is 0.0625. The summed E-state index contributed by atoms with van der Waals surface area (Å²) in [5.41, 5.74) is 8.88. The highest BCUT2D eigenvalue weighted by molar-refractivity contribution is 14.1. The molecule has 0 fully saturated rings. The van der Waals surface area contributed by atoms with Gasteiger partial charge in [-0.25, -0.2) is 4.98 Å². The molecule has 1 aromatic heterocycles. The van der Waals surface area contributed by atoms with Gasteiger partial charge in [-0.05, 0) is 46.4 Å². The average Bonchev–Trinajstić information content (AvgIpc) is 2.90. The minimum Gasteiger partial charge on any atom is -0.399 e. The third kappa shape index (κ3) is 2.70. The smallest absolute Gasteiger partial charge is 0.141 e. The maximum absolute atomic E-state index is 5.72. The largest absolute Gasteiger partial charge is 0.399 e. The van der Waals surface area contributed by atoms with E-state index in [4.69, 9.17) is 5.73 Å². The molecule has 0 aliphatic carbocycles. The Morgan fingerprint density at radius 2 is 1.80 bits per heavy atom. The highest BCUT2D eigenvalue weighted by Crippen LogP contribution is 2.24. The molecule has 1 heterocycles. The van der Waals surface area contributed by atoms with Crippen LogP contribution in [0.1, 0.15) is 5.56 Å². The Morgan fingerprint density at radius 1 is 1.05 bits per heavy atom. The number of rotatable bonds is 3. The summed E-state index contributed by atoms with van der Waals surface area (Å²) in [5.74, 6) is 0.992. The maximum atomic E-state index is 5.72. The maximum Gasteiger partial charge on any atom is 0.141 e. The zero-order chi connectivity index (χ0) is 13.9. The minimum atomic E-state index is 0.789. The van der Waals surface area contributed by atoms with Gasteiger partial charge in [-0.3, -0.25) is 0 Å². The molecule has 0 saturated carbocycles. The van der Waals surface area contributed by atoms with Crippen molar-refractivity contribution in [1.82, 2.24) is 9.55 Å². The molecule has 20 heavy (non-hydrogen) atoms. The first-order chi connectivity index (χ1) is 9.74. The summed E-state index contributed by atoms with van der Waals surface area (Å²) < 4.78 is 3.36. The molecule has 100 valence electrons. The van der Waals surface area contributed by atoms with Crippen LogP contribution in [-0.2, 0) is 6.54 Å². The number of aromatic nitrogens is 2. The Kier molecular flexibility index (Phi) is 3.73. The Labute approximate surface area is 131 Å². The number of hydrogen-bond acceptors (Lipinski definition) is 2. The molecule has 0 saturated heterocycles. The molecule has 0 aliphatic rings. The van der Waals surface area contributed by atoms with Crippen LogP contribution in [0.2, 0.25) is 0 Å². The summed E-state index contributed by atoms with van der Waals surface area (Å²) >= 11 is 2.34. The summed E-state index contributed by atoms with van der Waals surface area (Å²) in [6.07, 6.45) is 3.85. The molecule has 0 spiro atoms. The number of nitrogens with two attached hydrogens (primary N) is 1. The first-order valence-electron chi connectivity index (χ1n) is 6.34. The van der Waals surface area contributed by atoms with Gasteiger partial charge in [0.2, 0.25) is 0 Å². The molecular weight excluding hydrogens is 361 g/mol. The van der Waals surface area contributed by atoms with E-state index in [-0.39, 0.29) is 0 Å². The lowest BCUT2D eigenvalue weighted by molar-refractivity contribution is 0.807. The lowest BCUT2D eigenvalue weighted by Crippen LogP contribution is -2.02. The lowest BCUT2D eigenvalue weighted by Gasteiger charge is -2.09. The predicted molar refractivity (Wildman–Crippen MR) is 90.3 cm³/mol. The van der Waals surface area contributed by atoms with E-state index in [2.05, 4.69) is 56.4 Å². The second-order valence-corrected chi connectivity index (χ2v) is 5.76. The van der Waals surface area contributed by atoms with Crippen molar-refractivity contribution in [2.45, 2.75) is 6.54 Å². The van der Waals surface area contributed by atoms with Gasteiger partial charge >= 0.3 is 0 Å². The van der Waals surface area contributed by atoms with E-state index in [1.807, 2.05) is 36.7 Å². The van der Waals surface area contributed by atoms with Crippen LogP contribution >= 0.6 is 22.6 Å². The molecule has 0 aliphatic heterocycles. The number of benzene rings is 2. The summed E-state index contributed by atoms with van der Waals surface area (Å²) in [6, 6.07) is 16.2. The second-order valence-electron chi connectivity index (χ2n) is 4.60. The molecule has 3 nitrogen and oxygen atoms in total. The zero-order valence-corrected chi connectivity index (χ0v) is 13.0.